The molecule has 2 aromatic rings. The number of halogens is 3. The molecule has 0 saturated heterocycles. The zero-order chi connectivity index (χ0) is 18.6. The molecule has 25 heavy (non-hydrogen) atoms. The summed E-state index contributed by atoms with van der Waals surface area (Å²) < 4.78 is 33.4. The molecule has 2 aromatic carbocycles. The molecule has 0 aromatic heterocycles. The van der Waals surface area contributed by atoms with Gasteiger partial charge in [0.15, 0.2) is 0 Å². The van der Waals surface area contributed by atoms with Crippen molar-refractivity contribution in [2.75, 3.05) is 18.5 Å². The lowest BCUT2D eigenvalue weighted by Gasteiger charge is -2.14. The van der Waals surface area contributed by atoms with Crippen LogP contribution in [0.3, 0.4) is 0 Å². The summed E-state index contributed by atoms with van der Waals surface area (Å²) in [5.41, 5.74) is -1.00. The van der Waals surface area contributed by atoms with Crippen molar-refractivity contribution in [2.24, 2.45) is 0 Å². The summed E-state index contributed by atoms with van der Waals surface area (Å²) in [6, 6.07) is 5.76. The van der Waals surface area contributed by atoms with Crippen molar-refractivity contribution in [1.29, 1.82) is 0 Å². The van der Waals surface area contributed by atoms with E-state index < -0.39 is 47.3 Å². The Morgan fingerprint density at radius 1 is 1.28 bits per heavy atom. The Morgan fingerprint density at radius 2 is 2.00 bits per heavy atom. The molecule has 3 N–H and O–H groups in total. The monoisotopic (exact) mass is 466 g/mol. The third-order valence-corrected chi connectivity index (χ3v) is 3.74. The van der Waals surface area contributed by atoms with E-state index in [1.807, 2.05) is 22.6 Å². The largest absolute Gasteiger partial charge is 0.484 e. The molecule has 0 aliphatic carbocycles. The highest BCUT2D eigenvalue weighted by Gasteiger charge is 2.24. The molecule has 0 amide bonds. The van der Waals surface area contributed by atoms with Crippen molar-refractivity contribution in [3.05, 3.63) is 55.7 Å². The topological polar surface area (TPSA) is 105 Å². The Kier molecular flexibility index (Phi) is 6.45. The number of anilines is 2. The van der Waals surface area contributed by atoms with Gasteiger partial charge in [0.05, 0.1) is 17.2 Å². The van der Waals surface area contributed by atoms with Crippen LogP contribution in [0.4, 0.5) is 25.8 Å². The SMILES string of the molecule is O=[N+]([O-])c1c(Nc2ccc(I)cc2F)cc(F)cc1OCC(O)CO. The van der Waals surface area contributed by atoms with Gasteiger partial charge in [0.1, 0.15) is 30.0 Å². The number of nitro groups is 1. The number of rotatable bonds is 7. The summed E-state index contributed by atoms with van der Waals surface area (Å²) in [5, 5.41) is 31.9. The minimum Gasteiger partial charge on any atom is -0.484 e. The summed E-state index contributed by atoms with van der Waals surface area (Å²) in [5.74, 6) is -1.97. The van der Waals surface area contributed by atoms with Gasteiger partial charge < -0.3 is 20.3 Å². The fourth-order valence-corrected chi connectivity index (χ4v) is 2.40. The number of ether oxygens (including phenoxy) is 1. The van der Waals surface area contributed by atoms with Gasteiger partial charge in [-0.05, 0) is 40.8 Å². The van der Waals surface area contributed by atoms with Crippen molar-refractivity contribution >= 4 is 39.7 Å². The highest BCUT2D eigenvalue weighted by atomic mass is 127. The van der Waals surface area contributed by atoms with Crippen LogP contribution in [0, 0.1) is 25.3 Å². The van der Waals surface area contributed by atoms with E-state index in [0.717, 1.165) is 12.1 Å². The molecule has 0 aliphatic rings. The van der Waals surface area contributed by atoms with Crippen LogP contribution in [0.1, 0.15) is 0 Å². The number of nitrogens with one attached hydrogen (secondary N) is 1. The average molecular weight is 466 g/mol. The van der Waals surface area contributed by atoms with E-state index in [1.54, 1.807) is 6.07 Å². The molecule has 0 bridgehead atoms. The molecule has 0 saturated carbocycles. The standard InChI is InChI=1S/C15H13F2IN2O5/c16-8-3-13(19-12-2-1-9(18)5-11(12)17)15(20(23)24)14(4-8)25-7-10(22)6-21/h1-5,10,19,21-22H,6-7H2. The number of hydrogen-bond donors (Lipinski definition) is 3. The number of benzene rings is 2. The molecule has 7 nitrogen and oxygen atoms in total. The Balaban J connectivity index is 2.42. The van der Waals surface area contributed by atoms with Gasteiger partial charge in [-0.2, -0.15) is 0 Å². The molecule has 1 unspecified atom stereocenters. The summed E-state index contributed by atoms with van der Waals surface area (Å²) in [7, 11) is 0. The molecule has 0 radical (unpaired) electrons. The number of nitrogens with zero attached hydrogens (tertiary/aromatic N) is 1. The lowest BCUT2D eigenvalue weighted by molar-refractivity contribution is -0.385. The second-order valence-corrected chi connectivity index (χ2v) is 6.20. The number of aliphatic hydroxyl groups excluding tert-OH is 2. The van der Waals surface area contributed by atoms with E-state index >= 15 is 0 Å². The van der Waals surface area contributed by atoms with E-state index in [2.05, 4.69) is 5.32 Å². The second-order valence-electron chi connectivity index (χ2n) is 4.95. The molecule has 10 heteroatoms. The van der Waals surface area contributed by atoms with Crippen LogP contribution >= 0.6 is 22.6 Å². The van der Waals surface area contributed by atoms with Crippen molar-refractivity contribution in [2.45, 2.75) is 6.10 Å². The molecule has 2 rings (SSSR count). The molecular formula is C15H13F2IN2O5. The van der Waals surface area contributed by atoms with Crippen LogP contribution in [0.25, 0.3) is 0 Å². The molecule has 0 heterocycles. The number of nitro benzene ring substituents is 1. The Labute approximate surface area is 154 Å². The highest BCUT2D eigenvalue weighted by molar-refractivity contribution is 14.1. The van der Waals surface area contributed by atoms with E-state index in [-0.39, 0.29) is 11.4 Å². The van der Waals surface area contributed by atoms with Gasteiger partial charge in [-0.25, -0.2) is 8.78 Å². The van der Waals surface area contributed by atoms with Gasteiger partial charge in [-0.3, -0.25) is 10.1 Å². The van der Waals surface area contributed by atoms with Gasteiger partial charge in [-0.15, -0.1) is 0 Å². The van der Waals surface area contributed by atoms with Gasteiger partial charge in [0.25, 0.3) is 0 Å². The Bertz CT molecular complexity index is 791. The quantitative estimate of drug-likeness (QED) is 0.330. The van der Waals surface area contributed by atoms with Crippen molar-refractivity contribution < 1.29 is 28.7 Å². The van der Waals surface area contributed by atoms with Crippen LogP contribution < -0.4 is 10.1 Å². The van der Waals surface area contributed by atoms with Crippen molar-refractivity contribution in [3.63, 3.8) is 0 Å². The lowest BCUT2D eigenvalue weighted by Crippen LogP contribution is -2.21. The molecule has 0 spiro atoms. The first-order valence-electron chi connectivity index (χ1n) is 6.93. The maximum atomic E-state index is 13.9. The van der Waals surface area contributed by atoms with E-state index in [9.17, 15) is 24.0 Å². The third kappa shape index (κ3) is 4.96. The fourth-order valence-electron chi connectivity index (χ4n) is 1.94. The number of aliphatic hydroxyl groups is 2. The minimum atomic E-state index is -1.28. The molecule has 0 aliphatic heterocycles. The molecular weight excluding hydrogens is 453 g/mol. The highest BCUT2D eigenvalue weighted by Crippen LogP contribution is 2.38. The van der Waals surface area contributed by atoms with Crippen LogP contribution in [-0.2, 0) is 0 Å². The van der Waals surface area contributed by atoms with Gasteiger partial charge in [0, 0.05) is 15.7 Å². The average Bonchev–Trinajstić information content (AvgIpc) is 2.54. The van der Waals surface area contributed by atoms with Crippen LogP contribution in [0.5, 0.6) is 5.75 Å². The van der Waals surface area contributed by atoms with Crippen LogP contribution in [-0.4, -0.2) is 34.5 Å². The van der Waals surface area contributed by atoms with Gasteiger partial charge in [0.2, 0.25) is 5.75 Å². The first-order valence-corrected chi connectivity index (χ1v) is 8.01. The molecule has 134 valence electrons. The maximum absolute atomic E-state index is 13.9. The summed E-state index contributed by atoms with van der Waals surface area (Å²) in [4.78, 5) is 10.5. The van der Waals surface area contributed by atoms with E-state index in [4.69, 9.17) is 9.84 Å². The summed E-state index contributed by atoms with van der Waals surface area (Å²) >= 11 is 1.90. The zero-order valence-corrected chi connectivity index (χ0v) is 14.7. The maximum Gasteiger partial charge on any atom is 0.334 e. The minimum absolute atomic E-state index is 0.0736. The predicted molar refractivity (Wildman–Crippen MR) is 94.0 cm³/mol. The van der Waals surface area contributed by atoms with Crippen molar-refractivity contribution in [3.8, 4) is 5.75 Å². The number of hydrogen-bond acceptors (Lipinski definition) is 6. The van der Waals surface area contributed by atoms with E-state index in [0.29, 0.717) is 3.57 Å². The summed E-state index contributed by atoms with van der Waals surface area (Å²) in [6.07, 6.45) is -1.28. The first kappa shape index (κ1) is 19.3. The lowest BCUT2D eigenvalue weighted by atomic mass is 10.2. The smallest absolute Gasteiger partial charge is 0.334 e. The van der Waals surface area contributed by atoms with Crippen LogP contribution in [0.2, 0.25) is 0 Å². The van der Waals surface area contributed by atoms with Crippen molar-refractivity contribution in [1.82, 2.24) is 0 Å². The Hall–Kier alpha value is -2.05. The third-order valence-electron chi connectivity index (χ3n) is 3.06. The first-order chi connectivity index (χ1) is 11.8. The van der Waals surface area contributed by atoms with E-state index in [1.165, 1.54) is 12.1 Å². The van der Waals surface area contributed by atoms with Gasteiger partial charge in [-0.1, -0.05) is 0 Å². The summed E-state index contributed by atoms with van der Waals surface area (Å²) in [6.45, 7) is -1.10. The predicted octanol–water partition coefficient (Wildman–Crippen LogP) is 2.95. The fraction of sp³-hybridized carbons (Fsp3) is 0.200. The molecule has 1 atom stereocenters. The molecule has 0 fully saturated rings. The Morgan fingerprint density at radius 3 is 2.60 bits per heavy atom. The van der Waals surface area contributed by atoms with Gasteiger partial charge >= 0.3 is 5.69 Å². The zero-order valence-electron chi connectivity index (χ0n) is 12.6. The van der Waals surface area contributed by atoms with Crippen LogP contribution in [0.15, 0.2) is 30.3 Å². The normalized spacial score (nSPS) is 11.9. The second kappa shape index (κ2) is 8.36.